The molecule has 1 amide bonds. The summed E-state index contributed by atoms with van der Waals surface area (Å²) in [6, 6.07) is 12.1. The average Bonchev–Trinajstić information content (AvgIpc) is 3.05. The molecular formula is C19H24N4O2. The van der Waals surface area contributed by atoms with Gasteiger partial charge in [0.15, 0.2) is 0 Å². The number of ether oxygens (including phenoxy) is 1. The maximum absolute atomic E-state index is 12.0. The number of nitrogens with one attached hydrogen (secondary N) is 1. The summed E-state index contributed by atoms with van der Waals surface area (Å²) in [6.45, 7) is 5.28. The monoisotopic (exact) mass is 340 g/mol. The molecule has 0 unspecified atom stereocenters. The number of anilines is 1. The summed E-state index contributed by atoms with van der Waals surface area (Å²) in [5.74, 6) is -0.119. The lowest BCUT2D eigenvalue weighted by Gasteiger charge is -2.28. The summed E-state index contributed by atoms with van der Waals surface area (Å²) in [5, 5.41) is 4.22. The van der Waals surface area contributed by atoms with Crippen LogP contribution in [-0.4, -0.2) is 42.5 Å². The minimum atomic E-state index is -0.119. The van der Waals surface area contributed by atoms with Crippen LogP contribution >= 0.6 is 0 Å². The van der Waals surface area contributed by atoms with E-state index in [1.165, 1.54) is 5.69 Å². The lowest BCUT2D eigenvalue weighted by molar-refractivity contribution is -0.120. The number of hydrazone groups is 1. The zero-order chi connectivity index (χ0) is 17.6. The predicted octanol–water partition coefficient (Wildman–Crippen LogP) is 1.94. The standard InChI is InChI=1S/C19H24N4O2/c1-15(20-21-19(24)14-18-4-3-9-22(18)2)16-5-7-17(8-6-16)23-10-12-25-13-11-23/h3-9H,10-14H2,1-2H3,(H,21,24)/b20-15-. The second kappa shape index (κ2) is 7.98. The van der Waals surface area contributed by atoms with Crippen molar-refractivity contribution < 1.29 is 9.53 Å². The van der Waals surface area contributed by atoms with Crippen LogP contribution in [0.1, 0.15) is 18.2 Å². The minimum absolute atomic E-state index is 0.119. The van der Waals surface area contributed by atoms with Gasteiger partial charge in [0.25, 0.3) is 0 Å². The number of rotatable bonds is 5. The number of amides is 1. The molecule has 3 rings (SSSR count). The van der Waals surface area contributed by atoms with E-state index in [1.54, 1.807) is 0 Å². The summed E-state index contributed by atoms with van der Waals surface area (Å²) < 4.78 is 7.31. The molecule has 1 N–H and O–H groups in total. The first-order valence-corrected chi connectivity index (χ1v) is 8.50. The quantitative estimate of drug-likeness (QED) is 0.668. The fraction of sp³-hybridized carbons (Fsp3) is 0.368. The van der Waals surface area contributed by atoms with Gasteiger partial charge >= 0.3 is 0 Å². The van der Waals surface area contributed by atoms with Crippen LogP contribution in [0.3, 0.4) is 0 Å². The Balaban J connectivity index is 1.58. The van der Waals surface area contributed by atoms with Crippen molar-refractivity contribution in [3.05, 3.63) is 53.9 Å². The molecule has 1 aromatic carbocycles. The molecule has 1 fully saturated rings. The maximum atomic E-state index is 12.0. The minimum Gasteiger partial charge on any atom is -0.378 e. The van der Waals surface area contributed by atoms with Gasteiger partial charge < -0.3 is 14.2 Å². The fourth-order valence-electron chi connectivity index (χ4n) is 2.83. The molecule has 6 nitrogen and oxygen atoms in total. The lowest BCUT2D eigenvalue weighted by atomic mass is 10.1. The molecule has 0 bridgehead atoms. The molecule has 1 saturated heterocycles. The molecule has 0 atom stereocenters. The van der Waals surface area contributed by atoms with E-state index < -0.39 is 0 Å². The van der Waals surface area contributed by atoms with E-state index in [-0.39, 0.29) is 5.91 Å². The number of aryl methyl sites for hydroxylation is 1. The van der Waals surface area contributed by atoms with E-state index in [9.17, 15) is 4.79 Å². The van der Waals surface area contributed by atoms with Crippen LogP contribution in [0.5, 0.6) is 0 Å². The van der Waals surface area contributed by atoms with Crippen LogP contribution in [-0.2, 0) is 23.0 Å². The first kappa shape index (κ1) is 17.2. The van der Waals surface area contributed by atoms with Gasteiger partial charge in [-0.1, -0.05) is 12.1 Å². The van der Waals surface area contributed by atoms with Crippen LogP contribution in [0.15, 0.2) is 47.7 Å². The Morgan fingerprint density at radius 1 is 1.20 bits per heavy atom. The van der Waals surface area contributed by atoms with Crippen molar-refractivity contribution in [1.82, 2.24) is 9.99 Å². The van der Waals surface area contributed by atoms with Gasteiger partial charge in [0.1, 0.15) is 0 Å². The van der Waals surface area contributed by atoms with Crippen LogP contribution in [0.25, 0.3) is 0 Å². The van der Waals surface area contributed by atoms with Gasteiger partial charge in [-0.25, -0.2) is 5.43 Å². The van der Waals surface area contributed by atoms with Crippen LogP contribution in [0.2, 0.25) is 0 Å². The number of carbonyl (C=O) groups excluding carboxylic acids is 1. The van der Waals surface area contributed by atoms with E-state index >= 15 is 0 Å². The summed E-state index contributed by atoms with van der Waals surface area (Å²) in [7, 11) is 1.92. The van der Waals surface area contributed by atoms with Crippen molar-refractivity contribution in [3.8, 4) is 0 Å². The van der Waals surface area contributed by atoms with Gasteiger partial charge in [-0.3, -0.25) is 4.79 Å². The Morgan fingerprint density at radius 3 is 2.56 bits per heavy atom. The first-order chi connectivity index (χ1) is 12.1. The van der Waals surface area contributed by atoms with Gasteiger partial charge in [0.05, 0.1) is 25.3 Å². The Bertz CT molecular complexity index is 743. The molecule has 0 saturated carbocycles. The SMILES string of the molecule is C/C(=N/NC(=O)Cc1cccn1C)c1ccc(N2CCOCC2)cc1. The first-order valence-electron chi connectivity index (χ1n) is 8.50. The Kier molecular flexibility index (Phi) is 5.50. The van der Waals surface area contributed by atoms with Gasteiger partial charge in [-0.15, -0.1) is 0 Å². The second-order valence-corrected chi connectivity index (χ2v) is 6.17. The molecule has 0 radical (unpaired) electrons. The Morgan fingerprint density at radius 2 is 1.92 bits per heavy atom. The third-order valence-electron chi connectivity index (χ3n) is 4.40. The maximum Gasteiger partial charge on any atom is 0.246 e. The number of hydrogen-bond acceptors (Lipinski definition) is 4. The molecule has 1 aliphatic heterocycles. The summed E-state index contributed by atoms with van der Waals surface area (Å²) in [4.78, 5) is 14.3. The third kappa shape index (κ3) is 4.48. The van der Waals surface area contributed by atoms with Gasteiger partial charge in [0.2, 0.25) is 5.91 Å². The van der Waals surface area contributed by atoms with Gasteiger partial charge in [-0.2, -0.15) is 5.10 Å². The molecule has 0 spiro atoms. The van der Waals surface area contributed by atoms with E-state index in [2.05, 4.69) is 27.6 Å². The largest absolute Gasteiger partial charge is 0.378 e. The van der Waals surface area contributed by atoms with Crippen molar-refractivity contribution in [2.45, 2.75) is 13.3 Å². The lowest BCUT2D eigenvalue weighted by Crippen LogP contribution is -2.36. The number of carbonyl (C=O) groups is 1. The molecule has 1 aliphatic rings. The average molecular weight is 340 g/mol. The smallest absolute Gasteiger partial charge is 0.246 e. The molecule has 0 aliphatic carbocycles. The summed E-state index contributed by atoms with van der Waals surface area (Å²) in [5.41, 5.74) is 6.56. The van der Waals surface area contributed by atoms with Crippen molar-refractivity contribution in [2.24, 2.45) is 12.1 Å². The number of morpholine rings is 1. The fourth-order valence-corrected chi connectivity index (χ4v) is 2.83. The molecule has 1 aromatic heterocycles. The highest BCUT2D eigenvalue weighted by atomic mass is 16.5. The van der Waals surface area contributed by atoms with E-state index in [0.717, 1.165) is 43.3 Å². The van der Waals surface area contributed by atoms with E-state index in [1.807, 2.05) is 49.0 Å². The number of benzene rings is 1. The van der Waals surface area contributed by atoms with Crippen molar-refractivity contribution in [3.63, 3.8) is 0 Å². The highest BCUT2D eigenvalue weighted by molar-refractivity contribution is 5.99. The number of aromatic nitrogens is 1. The number of hydrogen-bond donors (Lipinski definition) is 1. The zero-order valence-electron chi connectivity index (χ0n) is 14.7. The summed E-state index contributed by atoms with van der Waals surface area (Å²) >= 11 is 0. The van der Waals surface area contributed by atoms with Crippen molar-refractivity contribution in [2.75, 3.05) is 31.2 Å². The van der Waals surface area contributed by atoms with E-state index in [4.69, 9.17) is 4.74 Å². The normalized spacial score (nSPS) is 15.3. The topological polar surface area (TPSA) is 58.9 Å². The summed E-state index contributed by atoms with van der Waals surface area (Å²) in [6.07, 6.45) is 2.24. The molecule has 2 aromatic rings. The van der Waals surface area contributed by atoms with Crippen molar-refractivity contribution >= 4 is 17.3 Å². The number of nitrogens with zero attached hydrogens (tertiary/aromatic N) is 3. The zero-order valence-corrected chi connectivity index (χ0v) is 14.7. The van der Waals surface area contributed by atoms with Crippen LogP contribution in [0, 0.1) is 0 Å². The predicted molar refractivity (Wildman–Crippen MR) is 98.9 cm³/mol. The molecule has 25 heavy (non-hydrogen) atoms. The van der Waals surface area contributed by atoms with Gasteiger partial charge in [0, 0.05) is 37.7 Å². The highest BCUT2D eigenvalue weighted by Gasteiger charge is 2.11. The Hall–Kier alpha value is -2.60. The molecular weight excluding hydrogens is 316 g/mol. The van der Waals surface area contributed by atoms with Crippen LogP contribution in [0.4, 0.5) is 5.69 Å². The van der Waals surface area contributed by atoms with Gasteiger partial charge in [-0.05, 0) is 36.8 Å². The second-order valence-electron chi connectivity index (χ2n) is 6.17. The molecule has 2 heterocycles. The van der Waals surface area contributed by atoms with Crippen LogP contribution < -0.4 is 10.3 Å². The highest BCUT2D eigenvalue weighted by Crippen LogP contribution is 2.17. The molecule has 6 heteroatoms. The van der Waals surface area contributed by atoms with Crippen molar-refractivity contribution in [1.29, 1.82) is 0 Å². The molecule has 132 valence electrons. The van der Waals surface area contributed by atoms with E-state index in [0.29, 0.717) is 6.42 Å². The third-order valence-corrected chi connectivity index (χ3v) is 4.40. The Labute approximate surface area is 148 Å².